The van der Waals surface area contributed by atoms with Gasteiger partial charge in [-0.25, -0.2) is 0 Å². The van der Waals surface area contributed by atoms with Crippen molar-refractivity contribution >= 4 is 11.3 Å². The molecular weight excluding hydrogens is 356 g/mol. The zero-order chi connectivity index (χ0) is 19.9. The largest absolute Gasteiger partial charge is 0.411 e. The Balaban J connectivity index is 1.39. The maximum absolute atomic E-state index is 9.41. The molecule has 4 unspecified atom stereocenters. The maximum atomic E-state index is 9.41. The van der Waals surface area contributed by atoms with Crippen molar-refractivity contribution in [2.24, 2.45) is 39.2 Å². The van der Waals surface area contributed by atoms with Crippen molar-refractivity contribution in [1.82, 2.24) is 4.98 Å². The zero-order valence-corrected chi connectivity index (χ0v) is 17.7. The van der Waals surface area contributed by atoms with Crippen LogP contribution in [0.1, 0.15) is 70.8 Å². The van der Waals surface area contributed by atoms with Crippen LogP contribution in [0.25, 0.3) is 5.57 Å². The van der Waals surface area contributed by atoms with Crippen LogP contribution < -0.4 is 0 Å². The van der Waals surface area contributed by atoms with Gasteiger partial charge in [-0.2, -0.15) is 0 Å². The highest BCUT2D eigenvalue weighted by atomic mass is 16.4. The van der Waals surface area contributed by atoms with Crippen molar-refractivity contribution in [1.29, 1.82) is 0 Å². The fourth-order valence-electron chi connectivity index (χ4n) is 8.23. The Morgan fingerprint density at radius 1 is 1.10 bits per heavy atom. The second-order valence-corrected chi connectivity index (χ2v) is 11.0. The molecule has 1 spiro atoms. The first-order valence-electron chi connectivity index (χ1n) is 11.5. The Morgan fingerprint density at radius 2 is 1.97 bits per heavy atom. The molecule has 0 aliphatic heterocycles. The predicted octanol–water partition coefficient (Wildman–Crippen LogP) is 6.26. The Hall–Kier alpha value is -1.90. The summed E-state index contributed by atoms with van der Waals surface area (Å²) in [4.78, 5) is 4.41. The molecule has 3 heteroatoms. The summed E-state index contributed by atoms with van der Waals surface area (Å²) >= 11 is 0. The highest BCUT2D eigenvalue weighted by molar-refractivity contribution is 5.96. The van der Waals surface area contributed by atoms with Crippen molar-refractivity contribution in [3.63, 3.8) is 0 Å². The lowest BCUT2D eigenvalue weighted by atomic mass is 9.44. The van der Waals surface area contributed by atoms with E-state index in [4.69, 9.17) is 0 Å². The molecule has 6 rings (SSSR count). The fourth-order valence-corrected chi connectivity index (χ4v) is 8.23. The normalized spacial score (nSPS) is 43.2. The van der Waals surface area contributed by atoms with Crippen LogP contribution in [-0.4, -0.2) is 15.9 Å². The van der Waals surface area contributed by atoms with Gasteiger partial charge < -0.3 is 5.21 Å². The number of pyridine rings is 1. The molecular formula is C26H32N2O. The van der Waals surface area contributed by atoms with Gasteiger partial charge in [-0.3, -0.25) is 4.98 Å². The van der Waals surface area contributed by atoms with E-state index < -0.39 is 0 Å². The average Bonchev–Trinajstić information content (AvgIpc) is 3.41. The van der Waals surface area contributed by atoms with E-state index in [1.165, 1.54) is 44.1 Å². The van der Waals surface area contributed by atoms with Crippen LogP contribution in [0.5, 0.6) is 0 Å². The van der Waals surface area contributed by atoms with Gasteiger partial charge in [0, 0.05) is 12.4 Å². The highest BCUT2D eigenvalue weighted by Crippen LogP contribution is 2.74. The van der Waals surface area contributed by atoms with Crippen LogP contribution in [0, 0.1) is 34.0 Å². The first-order valence-corrected chi connectivity index (χ1v) is 11.5. The van der Waals surface area contributed by atoms with Crippen molar-refractivity contribution in [2.75, 3.05) is 0 Å². The van der Waals surface area contributed by atoms with Crippen LogP contribution in [0.15, 0.2) is 47.4 Å². The zero-order valence-electron chi connectivity index (χ0n) is 17.7. The van der Waals surface area contributed by atoms with Crippen LogP contribution in [-0.2, 0) is 0 Å². The van der Waals surface area contributed by atoms with Crippen LogP contribution in [0.3, 0.4) is 0 Å². The minimum absolute atomic E-state index is 0.296. The number of aromatic nitrogens is 1. The highest BCUT2D eigenvalue weighted by Gasteiger charge is 2.65. The molecule has 0 bridgehead atoms. The van der Waals surface area contributed by atoms with Crippen LogP contribution >= 0.6 is 0 Å². The van der Waals surface area contributed by atoms with Crippen LogP contribution in [0.4, 0.5) is 0 Å². The molecule has 3 saturated carbocycles. The first-order chi connectivity index (χ1) is 14.0. The molecule has 1 N–H and O–H groups in total. The van der Waals surface area contributed by atoms with Gasteiger partial charge >= 0.3 is 0 Å². The molecule has 5 aliphatic rings. The number of hydrogen-bond acceptors (Lipinski definition) is 3. The summed E-state index contributed by atoms with van der Waals surface area (Å²) in [6.07, 6.45) is 18.8. The van der Waals surface area contributed by atoms with E-state index in [-0.39, 0.29) is 0 Å². The van der Waals surface area contributed by atoms with Crippen molar-refractivity contribution in [3.8, 4) is 0 Å². The molecule has 0 saturated heterocycles. The second-order valence-electron chi connectivity index (χ2n) is 11.0. The third-order valence-corrected chi connectivity index (χ3v) is 9.82. The molecule has 1 aromatic rings. The molecule has 29 heavy (non-hydrogen) atoms. The molecule has 3 fully saturated rings. The molecule has 5 atom stereocenters. The molecule has 3 nitrogen and oxygen atoms in total. The summed E-state index contributed by atoms with van der Waals surface area (Å²) in [7, 11) is 0. The summed E-state index contributed by atoms with van der Waals surface area (Å²) in [5.41, 5.74) is 6.44. The summed E-state index contributed by atoms with van der Waals surface area (Å²) in [6, 6.07) is 4.33. The lowest BCUT2D eigenvalue weighted by Crippen LogP contribution is -2.52. The van der Waals surface area contributed by atoms with Gasteiger partial charge in [-0.05, 0) is 109 Å². The maximum Gasteiger partial charge on any atom is 0.0796 e. The van der Waals surface area contributed by atoms with E-state index in [0.29, 0.717) is 16.2 Å². The van der Waals surface area contributed by atoms with E-state index in [2.05, 4.69) is 54.5 Å². The van der Waals surface area contributed by atoms with Gasteiger partial charge in [-0.15, -0.1) is 0 Å². The number of hydrogen-bond donors (Lipinski definition) is 1. The quantitative estimate of drug-likeness (QED) is 0.456. The monoisotopic (exact) mass is 388 g/mol. The topological polar surface area (TPSA) is 45.5 Å². The Morgan fingerprint density at radius 3 is 2.69 bits per heavy atom. The molecule has 152 valence electrons. The van der Waals surface area contributed by atoms with Crippen molar-refractivity contribution in [2.45, 2.75) is 65.2 Å². The average molecular weight is 389 g/mol. The first kappa shape index (κ1) is 17.9. The Kier molecular flexibility index (Phi) is 3.60. The Bertz CT molecular complexity index is 941. The third-order valence-electron chi connectivity index (χ3n) is 9.82. The third kappa shape index (κ3) is 2.30. The molecule has 0 radical (unpaired) electrons. The van der Waals surface area contributed by atoms with Crippen molar-refractivity contribution < 1.29 is 5.21 Å². The number of rotatable bonds is 1. The Labute approximate surface area is 174 Å². The minimum Gasteiger partial charge on any atom is -0.411 e. The van der Waals surface area contributed by atoms with Gasteiger partial charge in [0.15, 0.2) is 0 Å². The summed E-state index contributed by atoms with van der Waals surface area (Å²) in [6.45, 7) is 5.10. The summed E-state index contributed by atoms with van der Waals surface area (Å²) in [5.74, 6) is 2.36. The number of oxime groups is 1. The molecule has 1 aromatic heterocycles. The molecule has 5 aliphatic carbocycles. The van der Waals surface area contributed by atoms with Gasteiger partial charge in [0.25, 0.3) is 0 Å². The fraction of sp³-hybridized carbons (Fsp3) is 0.615. The smallest absolute Gasteiger partial charge is 0.0796 e. The summed E-state index contributed by atoms with van der Waals surface area (Å²) < 4.78 is 0. The second kappa shape index (κ2) is 5.83. The molecule has 0 amide bonds. The van der Waals surface area contributed by atoms with Gasteiger partial charge in [0.2, 0.25) is 0 Å². The van der Waals surface area contributed by atoms with E-state index in [1.54, 1.807) is 11.1 Å². The van der Waals surface area contributed by atoms with E-state index in [1.807, 2.05) is 6.20 Å². The lowest BCUT2D eigenvalue weighted by molar-refractivity contribution is -0.0389. The molecule has 0 aromatic carbocycles. The minimum atomic E-state index is 0.296. The molecule has 1 heterocycles. The van der Waals surface area contributed by atoms with E-state index >= 15 is 0 Å². The van der Waals surface area contributed by atoms with Gasteiger partial charge in [0.1, 0.15) is 0 Å². The standard InChI is InChI=1S/C26H32N2O/c1-24-10-8-22-19(21(24)6-5-20(24)17-4-3-13-27-16-17)15-26(11-12-26)23-14-18(28-29)7-9-25(22,23)2/h3-5,13-14,16,19,21-22,29H,6-12,15H2,1-2H3/t19-,21?,22?,24?,25?/m1/s1. The van der Waals surface area contributed by atoms with Crippen molar-refractivity contribution in [3.05, 3.63) is 47.8 Å². The van der Waals surface area contributed by atoms with E-state index in [9.17, 15) is 5.21 Å². The predicted molar refractivity (Wildman–Crippen MR) is 116 cm³/mol. The lowest BCUT2D eigenvalue weighted by Gasteiger charge is -2.60. The number of fused-ring (bicyclic) bond motifs is 6. The SMILES string of the molecule is CC12CCC3[C@H](CC4(CC4)C4=CC(=NO)CCC43C)C1CC=C2c1cccnc1. The van der Waals surface area contributed by atoms with Crippen LogP contribution in [0.2, 0.25) is 0 Å². The van der Waals surface area contributed by atoms with Gasteiger partial charge in [-0.1, -0.05) is 36.7 Å². The summed E-state index contributed by atoms with van der Waals surface area (Å²) in [5, 5.41) is 13.0. The number of nitrogens with zero attached hydrogens (tertiary/aromatic N) is 2. The van der Waals surface area contributed by atoms with E-state index in [0.717, 1.165) is 36.3 Å². The number of allylic oxidation sites excluding steroid dienone is 4. The van der Waals surface area contributed by atoms with Gasteiger partial charge in [0.05, 0.1) is 5.71 Å².